The number of likely N-dealkylation sites (N-methyl/N-ethyl adjacent to an activating group) is 1. The molecule has 0 radical (unpaired) electrons. The summed E-state index contributed by atoms with van der Waals surface area (Å²) in [7, 11) is 3.06. The average molecular weight is 526 g/mol. The molecule has 7 nitrogen and oxygen atoms in total. The summed E-state index contributed by atoms with van der Waals surface area (Å²) in [6, 6.07) is 20.3. The number of anilines is 2. The fourth-order valence-corrected chi connectivity index (χ4v) is 6.39. The van der Waals surface area contributed by atoms with Crippen molar-refractivity contribution in [3.05, 3.63) is 77.4 Å². The van der Waals surface area contributed by atoms with Gasteiger partial charge in [0, 0.05) is 0 Å². The Hall–Kier alpha value is -3.30. The van der Waals surface area contributed by atoms with Crippen molar-refractivity contribution in [3.8, 4) is 11.5 Å². The van der Waals surface area contributed by atoms with Gasteiger partial charge in [0.2, 0.25) is 0 Å². The first-order chi connectivity index (χ1) is 18.5. The first-order valence-corrected chi connectivity index (χ1v) is 13.6. The number of hydrogen-bond donors (Lipinski definition) is 1. The van der Waals surface area contributed by atoms with Gasteiger partial charge in [-0.1, -0.05) is 0 Å². The molecule has 194 valence electrons. The number of amides is 1. The number of piperazine rings is 2. The van der Waals surface area contributed by atoms with Gasteiger partial charge in [-0.15, -0.1) is 0 Å². The molecule has 3 heterocycles. The minimum atomic E-state index is -0.865. The second kappa shape index (κ2) is 10.1. The van der Waals surface area contributed by atoms with E-state index in [-0.39, 0.29) is 0 Å². The zero-order chi connectivity index (χ0) is 26.3. The summed E-state index contributed by atoms with van der Waals surface area (Å²) in [4.78, 5) is 20.0. The van der Waals surface area contributed by atoms with Gasteiger partial charge in [0.15, 0.2) is 0 Å². The molecule has 6 rings (SSSR count). The summed E-state index contributed by atoms with van der Waals surface area (Å²) >= 11 is 5.36. The van der Waals surface area contributed by atoms with E-state index in [0.29, 0.717) is 18.6 Å². The van der Waals surface area contributed by atoms with Crippen LogP contribution >= 0.6 is 12.6 Å². The topological polar surface area (TPSA) is 56.3 Å². The summed E-state index contributed by atoms with van der Waals surface area (Å²) in [5.74, 6) is 1.49. The fraction of sp³-hybridized carbons (Fsp3) is 0.345. The Morgan fingerprint density at radius 2 is 1.34 bits per heavy atom. The molecule has 38 heavy (non-hydrogen) atoms. The molecule has 0 N–H and O–H groups in total. The number of rotatable bonds is 5. The van der Waals surface area contributed by atoms with Crippen LogP contribution in [0, 0.1) is 0 Å². The van der Waals surface area contributed by atoms with Gasteiger partial charge in [0.05, 0.1) is 0 Å². The van der Waals surface area contributed by atoms with Crippen LogP contribution in [0.25, 0.3) is 0 Å². The molecule has 0 aromatic heterocycles. The number of benzene rings is 3. The summed E-state index contributed by atoms with van der Waals surface area (Å²) < 4.78 is 17.9. The maximum atomic E-state index is 12.1. The number of nitrogens with zero attached hydrogens (tertiary/aromatic N) is 4. The molecule has 1 amide bonds. The zero-order valence-electron chi connectivity index (χ0n) is 21.5. The molecule has 9 heteroatoms. The van der Waals surface area contributed by atoms with Crippen molar-refractivity contribution < 1.29 is 14.2 Å². The molecule has 3 aromatic carbocycles. The van der Waals surface area contributed by atoms with Crippen LogP contribution in [0.2, 0.25) is 0 Å². The first kappa shape index (κ1) is 25.0. The van der Waals surface area contributed by atoms with Crippen molar-refractivity contribution in [2.24, 2.45) is 0 Å². The van der Waals surface area contributed by atoms with Gasteiger partial charge in [-0.3, -0.25) is 4.79 Å². The summed E-state index contributed by atoms with van der Waals surface area (Å²) in [5, 5.41) is 0. The second-order valence-corrected chi connectivity index (χ2v) is 11.0. The molecule has 1 atom stereocenters. The van der Waals surface area contributed by atoms with Gasteiger partial charge < -0.3 is 0 Å². The van der Waals surface area contributed by atoms with Crippen LogP contribution in [0.5, 0.6) is 11.5 Å². The van der Waals surface area contributed by atoms with Gasteiger partial charge in [-0.2, -0.15) is 0 Å². The Labute approximate surface area is 229 Å². The van der Waals surface area contributed by atoms with Gasteiger partial charge in [-0.05, 0) is 0 Å². The molecule has 2 saturated heterocycles. The fourth-order valence-electron chi connectivity index (χ4n) is 5.82. The molecule has 2 fully saturated rings. The maximum absolute atomic E-state index is 12.1. The molecule has 3 aliphatic heterocycles. The Bertz CT molecular complexity index is 1370. The van der Waals surface area contributed by atoms with Crippen LogP contribution in [0.4, 0.5) is 11.4 Å². The third-order valence-corrected chi connectivity index (χ3v) is 8.83. The molecule has 3 aliphatic rings. The Morgan fingerprint density at radius 1 is 0.789 bits per heavy atom. The monoisotopic (exact) mass is 526 g/mol. The van der Waals surface area contributed by atoms with Gasteiger partial charge >= 0.3 is 225 Å². The van der Waals surface area contributed by atoms with Crippen LogP contribution in [0.3, 0.4) is 0 Å². The quantitative estimate of drug-likeness (QED) is 0.314. The first-order valence-electron chi connectivity index (χ1n) is 13.1. The van der Waals surface area contributed by atoms with Crippen LogP contribution in [0.15, 0.2) is 60.7 Å². The van der Waals surface area contributed by atoms with Crippen molar-refractivity contribution in [1.29, 1.82) is 0 Å². The molecule has 0 bridgehead atoms. The number of carbonyl (C=O) groups excluding carboxylic acids is 1. The predicted octanol–water partition coefficient (Wildman–Crippen LogP) is 2.72. The van der Waals surface area contributed by atoms with E-state index in [1.807, 2.05) is 24.3 Å². The molecule has 3 aromatic rings. The van der Waals surface area contributed by atoms with Crippen molar-refractivity contribution in [2.75, 3.05) is 69.2 Å². The number of fused-ring (bicyclic) bond motifs is 2. The Kier molecular flexibility index (Phi) is 6.66. The van der Waals surface area contributed by atoms with Crippen molar-refractivity contribution in [2.45, 2.75) is 4.75 Å². The average Bonchev–Trinajstić information content (AvgIpc) is 2.97. The van der Waals surface area contributed by atoms with E-state index in [9.17, 15) is 9.50 Å². The molecule has 0 saturated carbocycles. The standard InChI is InChI=1S/C29H31BN4O3S/c1-31-10-14-33(15-11-31)21-6-8-24-27(18-21)37-28-19-22(34-16-12-32(20-35)13-17-34)7-9-25(28)29(24,38)23-4-2-3-5-26(23)30-36/h2-9,18-20,38H,10-17H2,1H3. The van der Waals surface area contributed by atoms with Crippen LogP contribution < -0.4 is 20.0 Å². The molecule has 0 spiro atoms. The molecule has 1 unspecified atom stereocenters. The van der Waals surface area contributed by atoms with Crippen molar-refractivity contribution in [1.82, 2.24) is 9.80 Å². The van der Waals surface area contributed by atoms with Gasteiger partial charge in [0.1, 0.15) is 0 Å². The van der Waals surface area contributed by atoms with E-state index in [0.717, 1.165) is 92.4 Å². The number of thiol groups is 1. The van der Waals surface area contributed by atoms with E-state index >= 15 is 0 Å². The number of hydrogen-bond acceptors (Lipinski definition) is 7. The minimum absolute atomic E-state index is 0.610. The summed E-state index contributed by atoms with van der Waals surface area (Å²) in [6.45, 7) is 6.88. The molecule has 0 aliphatic carbocycles. The van der Waals surface area contributed by atoms with E-state index < -0.39 is 4.75 Å². The van der Waals surface area contributed by atoms with E-state index in [1.165, 1.54) is 0 Å². The Balaban J connectivity index is 1.45. The SMILES string of the molecule is CN1CCN(c2ccc3c(c2)Oc2cc(N4CCN(C=O)CC4)ccc2C3(S)c2ccccc2B=O)CC1. The predicted molar refractivity (Wildman–Crippen MR) is 154 cm³/mol. The third-order valence-electron chi connectivity index (χ3n) is 8.10. The van der Waals surface area contributed by atoms with E-state index in [2.05, 4.69) is 58.1 Å². The molecular weight excluding hydrogens is 495 g/mol. The third kappa shape index (κ3) is 4.27. The van der Waals surface area contributed by atoms with Crippen LogP contribution in [-0.4, -0.2) is 82.8 Å². The van der Waals surface area contributed by atoms with E-state index in [4.69, 9.17) is 17.4 Å². The molecular formula is C29H31BN4O3S. The van der Waals surface area contributed by atoms with Gasteiger partial charge in [0.25, 0.3) is 0 Å². The number of ether oxygens (including phenoxy) is 1. The Morgan fingerprint density at radius 3 is 1.89 bits per heavy atom. The van der Waals surface area contributed by atoms with Crippen LogP contribution in [0.1, 0.15) is 16.7 Å². The van der Waals surface area contributed by atoms with Crippen molar-refractivity contribution >= 4 is 43.0 Å². The summed E-state index contributed by atoms with van der Waals surface area (Å²) in [6.07, 6.45) is 0.919. The van der Waals surface area contributed by atoms with E-state index in [1.54, 1.807) is 4.90 Å². The number of carbonyl (C=O) groups is 1. The van der Waals surface area contributed by atoms with Crippen molar-refractivity contribution in [3.63, 3.8) is 0 Å². The van der Waals surface area contributed by atoms with Crippen LogP contribution in [-0.2, 0) is 14.2 Å². The summed E-state index contributed by atoms with van der Waals surface area (Å²) in [5.41, 5.74) is 5.45. The second-order valence-electron chi connectivity index (χ2n) is 10.3. The normalized spacial score (nSPS) is 21.3. The zero-order valence-corrected chi connectivity index (χ0v) is 22.4. The van der Waals surface area contributed by atoms with Gasteiger partial charge in [-0.25, -0.2) is 0 Å².